The van der Waals surface area contributed by atoms with E-state index in [9.17, 15) is 0 Å². The van der Waals surface area contributed by atoms with Crippen LogP contribution in [0.2, 0.25) is 5.02 Å². The Bertz CT molecular complexity index is 853. The fourth-order valence-corrected chi connectivity index (χ4v) is 2.46. The molecule has 3 N–H and O–H groups in total. The number of nitrogens with one attached hydrogen (secondary N) is 1. The van der Waals surface area contributed by atoms with Crippen molar-refractivity contribution in [3.63, 3.8) is 0 Å². The summed E-state index contributed by atoms with van der Waals surface area (Å²) in [6.07, 6.45) is 0. The first-order chi connectivity index (χ1) is 12.7. The van der Waals surface area contributed by atoms with Gasteiger partial charge in [-0.2, -0.15) is 0 Å². The first kappa shape index (κ1) is 17.8. The average Bonchev–Trinajstić information content (AvgIpc) is 3.05. The number of hydrogen-bond donors (Lipinski definition) is 2. The molecule has 0 aliphatic carbocycles. The Morgan fingerprint density at radius 1 is 1.15 bits per heavy atom. The minimum atomic E-state index is 0.176. The van der Waals surface area contributed by atoms with Gasteiger partial charge in [0, 0.05) is 10.6 Å². The molecule has 0 bridgehead atoms. The fraction of sp³-hybridized carbons (Fsp3) is 0.235. The van der Waals surface area contributed by atoms with E-state index in [-0.39, 0.29) is 5.95 Å². The number of nitrogen functional groups attached to an aromatic ring is 1. The average molecular weight is 375 g/mol. The number of anilines is 1. The number of rotatable bonds is 8. The standard InChI is InChI=1S/C17H19ClN6O2/c1-2-25-15-5-3-4-13(10-20-24-17(19)21-22-23-24)16(15)26-11-12-6-8-14(18)9-7-12/h3-9,20H,2,10-11H2,1H3,(H2,19,21,23). The van der Waals surface area contributed by atoms with Crippen LogP contribution < -0.4 is 20.6 Å². The molecule has 3 rings (SSSR count). The highest BCUT2D eigenvalue weighted by atomic mass is 35.5. The number of nitrogens with two attached hydrogens (primary N) is 1. The molecule has 0 aliphatic heterocycles. The summed E-state index contributed by atoms with van der Waals surface area (Å²) in [5.41, 5.74) is 10.6. The minimum Gasteiger partial charge on any atom is -0.490 e. The molecule has 9 heteroatoms. The van der Waals surface area contributed by atoms with Gasteiger partial charge < -0.3 is 20.6 Å². The highest BCUT2D eigenvalue weighted by Crippen LogP contribution is 2.32. The lowest BCUT2D eigenvalue weighted by molar-refractivity contribution is 0.266. The van der Waals surface area contributed by atoms with Crippen LogP contribution in [0.1, 0.15) is 18.1 Å². The Balaban J connectivity index is 1.78. The number of para-hydroxylation sites is 1. The van der Waals surface area contributed by atoms with Crippen molar-refractivity contribution in [2.75, 3.05) is 17.8 Å². The van der Waals surface area contributed by atoms with Crippen LogP contribution in [0.3, 0.4) is 0 Å². The highest BCUT2D eigenvalue weighted by Gasteiger charge is 2.12. The third-order valence-electron chi connectivity index (χ3n) is 3.57. The number of halogens is 1. The van der Waals surface area contributed by atoms with Gasteiger partial charge in [0.1, 0.15) is 6.61 Å². The highest BCUT2D eigenvalue weighted by molar-refractivity contribution is 6.30. The first-order valence-corrected chi connectivity index (χ1v) is 8.45. The van der Waals surface area contributed by atoms with Crippen LogP contribution in [-0.4, -0.2) is 26.9 Å². The molecule has 0 atom stereocenters. The fourth-order valence-electron chi connectivity index (χ4n) is 2.34. The number of ether oxygens (including phenoxy) is 2. The van der Waals surface area contributed by atoms with E-state index in [0.29, 0.717) is 36.3 Å². The van der Waals surface area contributed by atoms with E-state index in [1.165, 1.54) is 4.79 Å². The molecule has 0 saturated heterocycles. The molecule has 1 aromatic heterocycles. The van der Waals surface area contributed by atoms with Gasteiger partial charge in [-0.05, 0) is 41.1 Å². The van der Waals surface area contributed by atoms with Gasteiger partial charge in [0.15, 0.2) is 11.5 Å². The summed E-state index contributed by atoms with van der Waals surface area (Å²) in [6, 6.07) is 13.2. The SMILES string of the molecule is CCOc1cccc(CNn2nnnc2N)c1OCc1ccc(Cl)cc1. The smallest absolute Gasteiger partial charge is 0.260 e. The topological polar surface area (TPSA) is 100 Å². The molecule has 0 fully saturated rings. The zero-order valence-corrected chi connectivity index (χ0v) is 15.0. The molecule has 3 aromatic rings. The zero-order valence-electron chi connectivity index (χ0n) is 14.2. The van der Waals surface area contributed by atoms with E-state index in [2.05, 4.69) is 21.0 Å². The van der Waals surface area contributed by atoms with Crippen LogP contribution in [0.25, 0.3) is 0 Å². The van der Waals surface area contributed by atoms with Gasteiger partial charge in [0.05, 0.1) is 13.2 Å². The van der Waals surface area contributed by atoms with Crippen molar-refractivity contribution >= 4 is 17.5 Å². The van der Waals surface area contributed by atoms with E-state index >= 15 is 0 Å². The Morgan fingerprint density at radius 2 is 1.96 bits per heavy atom. The van der Waals surface area contributed by atoms with Crippen LogP contribution in [0.15, 0.2) is 42.5 Å². The van der Waals surface area contributed by atoms with Crippen molar-refractivity contribution in [2.24, 2.45) is 0 Å². The summed E-state index contributed by atoms with van der Waals surface area (Å²) in [7, 11) is 0. The molecule has 2 aromatic carbocycles. The number of tetrazole rings is 1. The van der Waals surface area contributed by atoms with Crippen LogP contribution in [0.4, 0.5) is 5.95 Å². The molecule has 136 valence electrons. The van der Waals surface area contributed by atoms with Crippen molar-refractivity contribution in [1.82, 2.24) is 20.3 Å². The van der Waals surface area contributed by atoms with Crippen LogP contribution in [-0.2, 0) is 13.2 Å². The second-order valence-electron chi connectivity index (χ2n) is 5.38. The summed E-state index contributed by atoms with van der Waals surface area (Å²) in [4.78, 5) is 1.30. The maximum absolute atomic E-state index is 6.05. The van der Waals surface area contributed by atoms with E-state index in [1.54, 1.807) is 0 Å². The molecule has 8 nitrogen and oxygen atoms in total. The first-order valence-electron chi connectivity index (χ1n) is 8.07. The van der Waals surface area contributed by atoms with Gasteiger partial charge in [-0.1, -0.05) is 41.0 Å². The maximum atomic E-state index is 6.05. The van der Waals surface area contributed by atoms with Crippen molar-refractivity contribution in [3.8, 4) is 11.5 Å². The van der Waals surface area contributed by atoms with E-state index in [0.717, 1.165) is 11.1 Å². The maximum Gasteiger partial charge on any atom is 0.260 e. The number of hydrogen-bond acceptors (Lipinski definition) is 7. The molecular weight excluding hydrogens is 356 g/mol. The Hall–Kier alpha value is -3.00. The lowest BCUT2D eigenvalue weighted by atomic mass is 10.2. The second-order valence-corrected chi connectivity index (χ2v) is 5.81. The summed E-state index contributed by atoms with van der Waals surface area (Å²) in [6.45, 7) is 3.26. The second kappa shape index (κ2) is 8.39. The van der Waals surface area contributed by atoms with Gasteiger partial charge in [0.25, 0.3) is 5.95 Å². The lowest BCUT2D eigenvalue weighted by Gasteiger charge is -2.16. The van der Waals surface area contributed by atoms with Crippen molar-refractivity contribution in [1.29, 1.82) is 0 Å². The van der Waals surface area contributed by atoms with Crippen molar-refractivity contribution in [3.05, 3.63) is 58.6 Å². The van der Waals surface area contributed by atoms with Crippen LogP contribution in [0.5, 0.6) is 11.5 Å². The van der Waals surface area contributed by atoms with Crippen molar-refractivity contribution < 1.29 is 9.47 Å². The Labute approximate surface area is 155 Å². The number of aromatic nitrogens is 4. The zero-order chi connectivity index (χ0) is 18.4. The monoisotopic (exact) mass is 374 g/mol. The molecule has 0 aliphatic rings. The van der Waals surface area contributed by atoms with E-state index in [4.69, 9.17) is 26.8 Å². The minimum absolute atomic E-state index is 0.176. The predicted molar refractivity (Wildman–Crippen MR) is 98.7 cm³/mol. The third-order valence-corrected chi connectivity index (χ3v) is 3.82. The van der Waals surface area contributed by atoms with Crippen LogP contribution in [0, 0.1) is 0 Å². The molecule has 0 amide bonds. The van der Waals surface area contributed by atoms with Gasteiger partial charge >= 0.3 is 0 Å². The molecule has 0 saturated carbocycles. The normalized spacial score (nSPS) is 10.5. The van der Waals surface area contributed by atoms with Gasteiger partial charge in [-0.3, -0.25) is 0 Å². The third kappa shape index (κ3) is 4.34. The molecule has 0 unspecified atom stereocenters. The molecular formula is C17H19ClN6O2. The molecule has 0 radical (unpaired) electrons. The quantitative estimate of drug-likeness (QED) is 0.625. The molecule has 26 heavy (non-hydrogen) atoms. The Kier molecular flexibility index (Phi) is 5.75. The molecule has 0 spiro atoms. The Morgan fingerprint density at radius 3 is 2.65 bits per heavy atom. The summed E-state index contributed by atoms with van der Waals surface area (Å²) < 4.78 is 11.7. The predicted octanol–water partition coefficient (Wildman–Crippen LogP) is 2.63. The van der Waals surface area contributed by atoms with Gasteiger partial charge in [-0.15, -0.1) is 4.79 Å². The summed E-state index contributed by atoms with van der Waals surface area (Å²) in [5, 5.41) is 11.6. The summed E-state index contributed by atoms with van der Waals surface area (Å²) >= 11 is 5.93. The number of benzene rings is 2. The van der Waals surface area contributed by atoms with Crippen LogP contribution >= 0.6 is 11.6 Å². The van der Waals surface area contributed by atoms with E-state index in [1.807, 2.05) is 49.4 Å². The molecule has 1 heterocycles. The summed E-state index contributed by atoms with van der Waals surface area (Å²) in [5.74, 6) is 1.50. The number of nitrogens with zero attached hydrogens (tertiary/aromatic N) is 4. The van der Waals surface area contributed by atoms with Crippen molar-refractivity contribution in [2.45, 2.75) is 20.1 Å². The largest absolute Gasteiger partial charge is 0.490 e. The van der Waals surface area contributed by atoms with Gasteiger partial charge in [-0.25, -0.2) is 0 Å². The lowest BCUT2D eigenvalue weighted by Crippen LogP contribution is -2.19. The van der Waals surface area contributed by atoms with E-state index < -0.39 is 0 Å². The van der Waals surface area contributed by atoms with Gasteiger partial charge in [0.2, 0.25) is 0 Å².